The van der Waals surface area contributed by atoms with Crippen LogP contribution in [0, 0.1) is 11.3 Å². The zero-order valence-corrected chi connectivity index (χ0v) is 17.2. The van der Waals surface area contributed by atoms with E-state index in [1.165, 1.54) is 6.07 Å². The number of halogens is 3. The standard InChI is InChI=1S/C22H21F3N6O/c1-31-9-8-16(28-21(32)27-15-5-2-13(12-26)3-6-15)11-19(31)20-29-17-7-4-14(22(23,24)25)10-18(17)30-20/h2-7,10,16,19H,8-9,11H2,1H3,(H,29,30)(H2,27,28,32)/t16-,19-/m1/s1. The number of anilines is 1. The topological polar surface area (TPSA) is 96.8 Å². The number of imidazole rings is 1. The number of hydrogen-bond acceptors (Lipinski definition) is 4. The molecule has 2 aromatic carbocycles. The first-order chi connectivity index (χ1) is 15.2. The molecule has 0 unspecified atom stereocenters. The van der Waals surface area contributed by atoms with Gasteiger partial charge in [-0.05, 0) is 62.4 Å². The molecule has 166 valence electrons. The summed E-state index contributed by atoms with van der Waals surface area (Å²) in [6.07, 6.45) is -3.13. The minimum absolute atomic E-state index is 0.131. The van der Waals surface area contributed by atoms with E-state index >= 15 is 0 Å². The maximum atomic E-state index is 13.0. The summed E-state index contributed by atoms with van der Waals surface area (Å²) in [6.45, 7) is 0.692. The number of nitrogens with zero attached hydrogens (tertiary/aromatic N) is 3. The third-order valence-electron chi connectivity index (χ3n) is 5.62. The van der Waals surface area contributed by atoms with E-state index in [9.17, 15) is 18.0 Å². The average Bonchev–Trinajstić information content (AvgIpc) is 3.18. The number of urea groups is 1. The van der Waals surface area contributed by atoms with Crippen LogP contribution in [0.2, 0.25) is 0 Å². The fourth-order valence-electron chi connectivity index (χ4n) is 3.88. The Hall–Kier alpha value is -3.58. The summed E-state index contributed by atoms with van der Waals surface area (Å²) in [5, 5.41) is 14.5. The van der Waals surface area contributed by atoms with Crippen molar-refractivity contribution in [3.63, 3.8) is 0 Å². The van der Waals surface area contributed by atoms with Crippen LogP contribution < -0.4 is 10.6 Å². The summed E-state index contributed by atoms with van der Waals surface area (Å²) < 4.78 is 39.0. The molecule has 4 rings (SSSR count). The number of hydrogen-bond donors (Lipinski definition) is 3. The molecule has 1 saturated heterocycles. The van der Waals surface area contributed by atoms with Gasteiger partial charge >= 0.3 is 12.2 Å². The Morgan fingerprint density at radius 2 is 2.00 bits per heavy atom. The quantitative estimate of drug-likeness (QED) is 0.560. The number of carbonyl (C=O) groups is 1. The zero-order valence-electron chi connectivity index (χ0n) is 17.2. The number of rotatable bonds is 3. The summed E-state index contributed by atoms with van der Waals surface area (Å²) >= 11 is 0. The maximum absolute atomic E-state index is 13.0. The second kappa shape index (κ2) is 8.51. The first-order valence-electron chi connectivity index (χ1n) is 10.1. The van der Waals surface area contributed by atoms with Gasteiger partial charge < -0.3 is 15.6 Å². The molecule has 2 heterocycles. The molecule has 3 N–H and O–H groups in total. The molecule has 2 amide bonds. The molecule has 0 saturated carbocycles. The molecule has 32 heavy (non-hydrogen) atoms. The van der Waals surface area contributed by atoms with Gasteiger partial charge in [0, 0.05) is 18.3 Å². The average molecular weight is 442 g/mol. The highest BCUT2D eigenvalue weighted by molar-refractivity contribution is 5.89. The van der Waals surface area contributed by atoms with Crippen LogP contribution in [-0.4, -0.2) is 40.5 Å². The van der Waals surface area contributed by atoms with E-state index in [-0.39, 0.29) is 18.1 Å². The second-order valence-electron chi connectivity index (χ2n) is 7.86. The maximum Gasteiger partial charge on any atom is 0.416 e. The van der Waals surface area contributed by atoms with Crippen molar-refractivity contribution in [2.45, 2.75) is 31.1 Å². The predicted molar refractivity (Wildman–Crippen MR) is 113 cm³/mol. The normalized spacial score (nSPS) is 19.5. The van der Waals surface area contributed by atoms with Crippen LogP contribution in [0.25, 0.3) is 11.0 Å². The Kier molecular flexibility index (Phi) is 5.76. The number of nitriles is 1. The van der Waals surface area contributed by atoms with E-state index in [0.717, 1.165) is 18.6 Å². The molecule has 10 heteroatoms. The van der Waals surface area contributed by atoms with Gasteiger partial charge in [-0.25, -0.2) is 9.78 Å². The van der Waals surface area contributed by atoms with Gasteiger partial charge in [-0.1, -0.05) is 0 Å². The van der Waals surface area contributed by atoms with Gasteiger partial charge in [0.2, 0.25) is 0 Å². The van der Waals surface area contributed by atoms with Crippen molar-refractivity contribution in [1.82, 2.24) is 20.2 Å². The molecular weight excluding hydrogens is 421 g/mol. The molecule has 3 aromatic rings. The van der Waals surface area contributed by atoms with Crippen molar-refractivity contribution < 1.29 is 18.0 Å². The first-order valence-corrected chi connectivity index (χ1v) is 10.1. The van der Waals surface area contributed by atoms with Crippen molar-refractivity contribution in [2.75, 3.05) is 18.9 Å². The van der Waals surface area contributed by atoms with Gasteiger partial charge in [-0.15, -0.1) is 0 Å². The van der Waals surface area contributed by atoms with Crippen molar-refractivity contribution >= 4 is 22.8 Å². The summed E-state index contributed by atoms with van der Waals surface area (Å²) in [7, 11) is 1.92. The van der Waals surface area contributed by atoms with Crippen LogP contribution in [0.3, 0.4) is 0 Å². The molecule has 2 atom stereocenters. The zero-order chi connectivity index (χ0) is 22.9. The summed E-state index contributed by atoms with van der Waals surface area (Å²) in [5.74, 6) is 0.570. The molecule has 1 aromatic heterocycles. The Morgan fingerprint density at radius 3 is 2.69 bits per heavy atom. The highest BCUT2D eigenvalue weighted by atomic mass is 19.4. The number of nitrogens with one attached hydrogen (secondary N) is 3. The molecule has 1 aliphatic rings. The highest BCUT2D eigenvalue weighted by Gasteiger charge is 2.32. The predicted octanol–water partition coefficient (Wildman–Crippen LogP) is 4.41. The molecule has 7 nitrogen and oxygen atoms in total. The SMILES string of the molecule is CN1CC[C@@H](NC(=O)Nc2ccc(C#N)cc2)C[C@@H]1c1nc2ccc(C(F)(F)F)cc2[nH]1. The van der Waals surface area contributed by atoms with Crippen LogP contribution in [0.15, 0.2) is 42.5 Å². The summed E-state index contributed by atoms with van der Waals surface area (Å²) in [5.41, 5.74) is 1.15. The van der Waals surface area contributed by atoms with E-state index < -0.39 is 11.7 Å². The van der Waals surface area contributed by atoms with Crippen LogP contribution >= 0.6 is 0 Å². The van der Waals surface area contributed by atoms with E-state index in [1.54, 1.807) is 24.3 Å². The Balaban J connectivity index is 1.44. The van der Waals surface area contributed by atoms with E-state index in [4.69, 9.17) is 5.26 Å². The van der Waals surface area contributed by atoms with Crippen LogP contribution in [0.4, 0.5) is 23.7 Å². The fourth-order valence-corrected chi connectivity index (χ4v) is 3.88. The number of piperidine rings is 1. The van der Waals surface area contributed by atoms with Gasteiger partial charge in [-0.2, -0.15) is 18.4 Å². The van der Waals surface area contributed by atoms with E-state index in [0.29, 0.717) is 41.1 Å². The van der Waals surface area contributed by atoms with Gasteiger partial charge in [0.1, 0.15) is 5.82 Å². The first kappa shape index (κ1) is 21.6. The minimum Gasteiger partial charge on any atom is -0.341 e. The van der Waals surface area contributed by atoms with Crippen molar-refractivity contribution in [2.24, 2.45) is 0 Å². The monoisotopic (exact) mass is 442 g/mol. The minimum atomic E-state index is -4.42. The lowest BCUT2D eigenvalue weighted by molar-refractivity contribution is -0.137. The van der Waals surface area contributed by atoms with Crippen molar-refractivity contribution in [3.05, 3.63) is 59.4 Å². The molecule has 0 spiro atoms. The number of H-pyrrole nitrogens is 1. The third kappa shape index (κ3) is 4.68. The number of likely N-dealkylation sites (tertiary alicyclic amines) is 1. The molecular formula is C22H21F3N6O. The molecule has 0 radical (unpaired) electrons. The van der Waals surface area contributed by atoms with Crippen LogP contribution in [0.5, 0.6) is 0 Å². The van der Waals surface area contributed by atoms with E-state index in [2.05, 4.69) is 25.5 Å². The lowest BCUT2D eigenvalue weighted by Gasteiger charge is -2.36. The number of amides is 2. The Labute approximate surface area is 182 Å². The van der Waals surface area contributed by atoms with Crippen LogP contribution in [0.1, 0.15) is 35.8 Å². The Morgan fingerprint density at radius 1 is 1.25 bits per heavy atom. The van der Waals surface area contributed by atoms with Gasteiger partial charge in [0.25, 0.3) is 0 Å². The van der Waals surface area contributed by atoms with Gasteiger partial charge in [0.15, 0.2) is 0 Å². The summed E-state index contributed by atoms with van der Waals surface area (Å²) in [6, 6.07) is 11.3. The Bertz CT molecular complexity index is 1170. The molecule has 0 aliphatic carbocycles. The van der Waals surface area contributed by atoms with E-state index in [1.807, 2.05) is 13.1 Å². The number of fused-ring (bicyclic) bond motifs is 1. The molecule has 1 aliphatic heterocycles. The van der Waals surface area contributed by atoms with Crippen molar-refractivity contribution in [3.8, 4) is 6.07 Å². The number of alkyl halides is 3. The smallest absolute Gasteiger partial charge is 0.341 e. The lowest BCUT2D eigenvalue weighted by Crippen LogP contribution is -2.46. The van der Waals surface area contributed by atoms with Crippen LogP contribution in [-0.2, 0) is 6.18 Å². The third-order valence-corrected chi connectivity index (χ3v) is 5.62. The van der Waals surface area contributed by atoms with Gasteiger partial charge in [0.05, 0.1) is 34.3 Å². The number of carbonyl (C=O) groups excluding carboxylic acids is 1. The second-order valence-corrected chi connectivity index (χ2v) is 7.86. The lowest BCUT2D eigenvalue weighted by atomic mass is 9.97. The van der Waals surface area contributed by atoms with Crippen molar-refractivity contribution in [1.29, 1.82) is 5.26 Å². The number of aromatic nitrogens is 2. The number of aromatic amines is 1. The fraction of sp³-hybridized carbons (Fsp3) is 0.318. The molecule has 0 bridgehead atoms. The number of benzene rings is 2. The largest absolute Gasteiger partial charge is 0.416 e. The molecule has 1 fully saturated rings. The van der Waals surface area contributed by atoms with Gasteiger partial charge in [-0.3, -0.25) is 4.90 Å². The highest BCUT2D eigenvalue weighted by Crippen LogP contribution is 2.33. The summed E-state index contributed by atoms with van der Waals surface area (Å²) in [4.78, 5) is 22.0.